The Bertz CT molecular complexity index is 1280. The van der Waals surface area contributed by atoms with Gasteiger partial charge in [-0.3, -0.25) is 4.57 Å². The molecule has 7 nitrogen and oxygen atoms in total. The summed E-state index contributed by atoms with van der Waals surface area (Å²) in [6.45, 7) is 2.14. The van der Waals surface area contributed by atoms with Crippen molar-refractivity contribution in [3.63, 3.8) is 0 Å². The summed E-state index contributed by atoms with van der Waals surface area (Å²) in [6.07, 6.45) is 4.90. The van der Waals surface area contributed by atoms with E-state index in [0.717, 1.165) is 30.4 Å². The first-order chi connectivity index (χ1) is 15.8. The average Bonchev–Trinajstić information content (AvgIpc) is 3.29. The van der Waals surface area contributed by atoms with E-state index >= 15 is 0 Å². The summed E-state index contributed by atoms with van der Waals surface area (Å²) in [5, 5.41) is 8.42. The number of hydrogen-bond donors (Lipinski definition) is 3. The van der Waals surface area contributed by atoms with Gasteiger partial charge in [-0.25, -0.2) is 4.68 Å². The van der Waals surface area contributed by atoms with E-state index < -0.39 is 13.3 Å². The highest BCUT2D eigenvalue weighted by molar-refractivity contribution is 7.52. The lowest BCUT2D eigenvalue weighted by Crippen LogP contribution is -2.04. The number of benzene rings is 3. The summed E-state index contributed by atoms with van der Waals surface area (Å²) in [7, 11) is -4.47. The van der Waals surface area contributed by atoms with Gasteiger partial charge in [0.15, 0.2) is 0 Å². The third kappa shape index (κ3) is 5.40. The summed E-state index contributed by atoms with van der Waals surface area (Å²) in [4.78, 5) is 20.4. The van der Waals surface area contributed by atoms with E-state index in [1.165, 1.54) is 0 Å². The number of unbranched alkanes of at least 4 members (excludes halogenated alkanes) is 1. The highest BCUT2D eigenvalue weighted by Gasteiger charge is 2.32. The molecule has 0 amide bonds. The van der Waals surface area contributed by atoms with Crippen molar-refractivity contribution in [1.29, 1.82) is 0 Å². The molecule has 0 aliphatic heterocycles. The molecule has 1 unspecified atom stereocenters. The van der Waals surface area contributed by atoms with Crippen LogP contribution in [0.2, 0.25) is 0 Å². The topological polar surface area (TPSA) is 114 Å². The van der Waals surface area contributed by atoms with Gasteiger partial charge in [0.25, 0.3) is 0 Å². The molecule has 0 spiro atoms. The summed E-state index contributed by atoms with van der Waals surface area (Å²) in [6, 6.07) is 22.0. The molecule has 4 N–H and O–H groups in total. The SMILES string of the molecule is CCCCc1ccc(C(c2cccc(-n3cc(-c4cccc(N)c4)nn3)c2)P(=O)(O)O)cc1. The first-order valence-electron chi connectivity index (χ1n) is 10.9. The Balaban J connectivity index is 1.67. The first-order valence-corrected chi connectivity index (χ1v) is 12.6. The van der Waals surface area contributed by atoms with E-state index in [4.69, 9.17) is 5.73 Å². The molecule has 1 heterocycles. The fourth-order valence-electron chi connectivity index (χ4n) is 3.89. The third-order valence-electron chi connectivity index (χ3n) is 5.58. The Morgan fingerprint density at radius 2 is 1.76 bits per heavy atom. The molecular weight excluding hydrogens is 435 g/mol. The van der Waals surface area contributed by atoms with E-state index in [9.17, 15) is 14.4 Å². The second-order valence-electron chi connectivity index (χ2n) is 8.11. The van der Waals surface area contributed by atoms with Crippen molar-refractivity contribution in [1.82, 2.24) is 15.0 Å². The molecule has 0 aliphatic rings. The van der Waals surface area contributed by atoms with E-state index in [-0.39, 0.29) is 0 Å². The molecule has 170 valence electrons. The number of nitrogen functional groups attached to an aromatic ring is 1. The van der Waals surface area contributed by atoms with E-state index in [1.807, 2.05) is 48.5 Å². The molecule has 4 aromatic rings. The second-order valence-corrected chi connectivity index (χ2v) is 9.80. The van der Waals surface area contributed by atoms with Gasteiger partial charge in [-0.15, -0.1) is 5.10 Å². The minimum absolute atomic E-state index is 0.517. The van der Waals surface area contributed by atoms with Crippen molar-refractivity contribution < 1.29 is 14.4 Å². The number of rotatable bonds is 8. The Hall–Kier alpha value is -3.25. The van der Waals surface area contributed by atoms with Gasteiger partial charge < -0.3 is 15.5 Å². The maximum Gasteiger partial charge on any atom is 0.337 e. The minimum Gasteiger partial charge on any atom is -0.399 e. The van der Waals surface area contributed by atoms with Crippen LogP contribution in [-0.2, 0) is 11.0 Å². The fraction of sp³-hybridized carbons (Fsp3) is 0.200. The predicted molar refractivity (Wildman–Crippen MR) is 130 cm³/mol. The van der Waals surface area contributed by atoms with Crippen LogP contribution in [0.4, 0.5) is 5.69 Å². The zero-order valence-corrected chi connectivity index (χ0v) is 19.3. The molecular formula is C25H27N4O3P. The molecule has 0 saturated heterocycles. The summed E-state index contributed by atoms with van der Waals surface area (Å²) in [5.74, 6) is 0. The predicted octanol–water partition coefficient (Wildman–Crippen LogP) is 5.13. The fourth-order valence-corrected chi connectivity index (χ4v) is 5.00. The largest absolute Gasteiger partial charge is 0.399 e. The molecule has 8 heteroatoms. The van der Waals surface area contributed by atoms with E-state index in [1.54, 1.807) is 35.1 Å². The number of nitrogens with two attached hydrogens (primary N) is 1. The van der Waals surface area contributed by atoms with Crippen LogP contribution in [0.1, 0.15) is 42.1 Å². The van der Waals surface area contributed by atoms with Gasteiger partial charge in [-0.05, 0) is 53.8 Å². The standard InChI is InChI=1S/C25H27N4O3P/c1-2-3-6-18-11-13-19(14-12-18)25(33(30,31)32)21-8-5-10-23(16-21)29-17-24(27-28-29)20-7-4-9-22(26)15-20/h4-5,7-17,25H,2-3,6,26H2,1H3,(H2,30,31,32). The van der Waals surface area contributed by atoms with Gasteiger partial charge in [0, 0.05) is 11.3 Å². The zero-order valence-electron chi connectivity index (χ0n) is 18.4. The van der Waals surface area contributed by atoms with Gasteiger partial charge >= 0.3 is 7.60 Å². The average molecular weight is 462 g/mol. The lowest BCUT2D eigenvalue weighted by atomic mass is 10.0. The summed E-state index contributed by atoms with van der Waals surface area (Å²) in [5.41, 5.74) is 9.86. The third-order valence-corrected chi connectivity index (χ3v) is 6.85. The monoisotopic (exact) mass is 462 g/mol. The molecule has 0 radical (unpaired) electrons. The van der Waals surface area contributed by atoms with Crippen molar-refractivity contribution >= 4 is 13.3 Å². The number of aryl methyl sites for hydroxylation is 1. The van der Waals surface area contributed by atoms with Crippen LogP contribution in [0.15, 0.2) is 79.0 Å². The molecule has 0 bridgehead atoms. The Labute approximate surface area is 193 Å². The van der Waals surface area contributed by atoms with E-state index in [2.05, 4.69) is 17.2 Å². The summed E-state index contributed by atoms with van der Waals surface area (Å²) < 4.78 is 14.1. The Morgan fingerprint density at radius 1 is 1.00 bits per heavy atom. The van der Waals surface area contributed by atoms with Crippen LogP contribution in [-0.4, -0.2) is 24.8 Å². The van der Waals surface area contributed by atoms with Crippen molar-refractivity contribution in [2.45, 2.75) is 31.8 Å². The Kier molecular flexibility index (Phi) is 6.75. The zero-order chi connectivity index (χ0) is 23.4. The van der Waals surface area contributed by atoms with Gasteiger partial charge in [0.05, 0.1) is 11.9 Å². The number of aromatic nitrogens is 3. The van der Waals surface area contributed by atoms with Crippen molar-refractivity contribution in [3.8, 4) is 16.9 Å². The highest BCUT2D eigenvalue weighted by atomic mass is 31.2. The molecule has 0 aliphatic carbocycles. The minimum atomic E-state index is -4.47. The normalized spacial score (nSPS) is 12.6. The van der Waals surface area contributed by atoms with Gasteiger partial charge in [-0.2, -0.15) is 0 Å². The molecule has 0 fully saturated rings. The van der Waals surface area contributed by atoms with Crippen molar-refractivity contribution in [3.05, 3.63) is 95.7 Å². The number of anilines is 1. The number of nitrogens with zero attached hydrogens (tertiary/aromatic N) is 3. The molecule has 1 atom stereocenters. The van der Waals surface area contributed by atoms with Crippen LogP contribution in [0.5, 0.6) is 0 Å². The second kappa shape index (κ2) is 9.71. The van der Waals surface area contributed by atoms with Crippen molar-refractivity contribution in [2.24, 2.45) is 0 Å². The van der Waals surface area contributed by atoms with Crippen LogP contribution < -0.4 is 5.73 Å². The smallest absolute Gasteiger partial charge is 0.337 e. The quantitative estimate of drug-likeness (QED) is 0.247. The Morgan fingerprint density at radius 3 is 2.45 bits per heavy atom. The lowest BCUT2D eigenvalue weighted by Gasteiger charge is -2.20. The maximum atomic E-state index is 12.5. The lowest BCUT2D eigenvalue weighted by molar-refractivity contribution is 0.364. The molecule has 33 heavy (non-hydrogen) atoms. The summed E-state index contributed by atoms with van der Waals surface area (Å²) >= 11 is 0. The maximum absolute atomic E-state index is 12.5. The number of hydrogen-bond acceptors (Lipinski definition) is 4. The van der Waals surface area contributed by atoms with Crippen LogP contribution in [0.3, 0.4) is 0 Å². The van der Waals surface area contributed by atoms with Gasteiger partial charge in [-0.1, -0.05) is 67.1 Å². The highest BCUT2D eigenvalue weighted by Crippen LogP contribution is 2.55. The van der Waals surface area contributed by atoms with E-state index in [0.29, 0.717) is 28.2 Å². The van der Waals surface area contributed by atoms with Crippen LogP contribution in [0.25, 0.3) is 16.9 Å². The van der Waals surface area contributed by atoms with Gasteiger partial charge in [0.1, 0.15) is 11.4 Å². The van der Waals surface area contributed by atoms with Crippen molar-refractivity contribution in [2.75, 3.05) is 5.73 Å². The van der Waals surface area contributed by atoms with Crippen LogP contribution in [0, 0.1) is 0 Å². The molecule has 0 saturated carbocycles. The molecule has 4 rings (SSSR count). The van der Waals surface area contributed by atoms with Gasteiger partial charge in [0.2, 0.25) is 0 Å². The molecule has 1 aromatic heterocycles. The van der Waals surface area contributed by atoms with Crippen LogP contribution >= 0.6 is 7.60 Å². The first kappa shape index (κ1) is 22.9. The molecule has 3 aromatic carbocycles.